The van der Waals surface area contributed by atoms with E-state index in [1.165, 1.54) is 0 Å². The van der Waals surface area contributed by atoms with Crippen molar-refractivity contribution < 1.29 is 13.9 Å². The van der Waals surface area contributed by atoms with Gasteiger partial charge in [0.15, 0.2) is 12.2 Å². The molecule has 5 nitrogen and oxygen atoms in total. The van der Waals surface area contributed by atoms with Crippen molar-refractivity contribution in [3.05, 3.63) is 76.8 Å². The number of benzene rings is 3. The molecule has 0 saturated heterocycles. The van der Waals surface area contributed by atoms with Gasteiger partial charge in [-0.15, -0.1) is 0 Å². The van der Waals surface area contributed by atoms with Crippen molar-refractivity contribution in [2.75, 3.05) is 11.9 Å². The quantitative estimate of drug-likeness (QED) is 0.456. The van der Waals surface area contributed by atoms with E-state index in [-0.39, 0.29) is 12.5 Å². The summed E-state index contributed by atoms with van der Waals surface area (Å²) in [6.07, 6.45) is 0. The van der Waals surface area contributed by atoms with Crippen LogP contribution in [0, 0.1) is 13.8 Å². The normalized spacial score (nSPS) is 10.9. The number of nitrogens with one attached hydrogen (secondary N) is 1. The highest BCUT2D eigenvalue weighted by Crippen LogP contribution is 2.27. The molecule has 0 aliphatic carbocycles. The first-order chi connectivity index (χ1) is 14.0. The fourth-order valence-corrected chi connectivity index (χ4v) is 3.17. The number of hydrogen-bond acceptors (Lipinski definition) is 4. The van der Waals surface area contributed by atoms with Gasteiger partial charge in [-0.1, -0.05) is 29.8 Å². The fourth-order valence-electron chi connectivity index (χ4n) is 3.06. The second kappa shape index (κ2) is 7.97. The average Bonchev–Trinajstić information content (AvgIpc) is 3.15. The van der Waals surface area contributed by atoms with Gasteiger partial charge in [0, 0.05) is 16.3 Å². The van der Waals surface area contributed by atoms with Gasteiger partial charge in [0.2, 0.25) is 5.89 Å². The lowest BCUT2D eigenvalue weighted by Gasteiger charge is -2.10. The molecule has 6 heteroatoms. The summed E-state index contributed by atoms with van der Waals surface area (Å²) in [5.74, 6) is 0.857. The first-order valence-electron chi connectivity index (χ1n) is 9.15. The van der Waals surface area contributed by atoms with E-state index in [9.17, 15) is 4.79 Å². The Labute approximate surface area is 173 Å². The van der Waals surface area contributed by atoms with Gasteiger partial charge in [0.05, 0.1) is 0 Å². The zero-order chi connectivity index (χ0) is 20.4. The van der Waals surface area contributed by atoms with Crippen LogP contribution in [0.1, 0.15) is 11.1 Å². The van der Waals surface area contributed by atoms with Crippen LogP contribution < -0.4 is 10.1 Å². The molecule has 1 aromatic heterocycles. The third-order valence-corrected chi connectivity index (χ3v) is 5.06. The molecule has 3 aromatic carbocycles. The highest BCUT2D eigenvalue weighted by molar-refractivity contribution is 6.32. The van der Waals surface area contributed by atoms with E-state index in [2.05, 4.69) is 10.3 Å². The third kappa shape index (κ3) is 4.25. The lowest BCUT2D eigenvalue weighted by molar-refractivity contribution is -0.118. The number of carbonyl (C=O) groups is 1. The van der Waals surface area contributed by atoms with Crippen LogP contribution in [0.15, 0.2) is 65.1 Å². The van der Waals surface area contributed by atoms with Crippen molar-refractivity contribution in [1.82, 2.24) is 4.98 Å². The van der Waals surface area contributed by atoms with Crippen LogP contribution in [0.25, 0.3) is 22.6 Å². The standard InChI is InChI=1S/C23H19ClN2O3/c1-14-10-18(11-15(2)22(14)24)28-13-21(27)25-17-7-5-6-16(12-17)23-26-19-8-3-4-9-20(19)29-23/h3-12H,13H2,1-2H3,(H,25,27). The van der Waals surface area contributed by atoms with Crippen LogP contribution in [0.4, 0.5) is 5.69 Å². The minimum absolute atomic E-state index is 0.104. The smallest absolute Gasteiger partial charge is 0.262 e. The summed E-state index contributed by atoms with van der Waals surface area (Å²) < 4.78 is 11.4. The number of nitrogens with zero attached hydrogens (tertiary/aromatic N) is 1. The number of halogens is 1. The van der Waals surface area contributed by atoms with E-state index in [0.717, 1.165) is 27.8 Å². The lowest BCUT2D eigenvalue weighted by atomic mass is 10.1. The minimum Gasteiger partial charge on any atom is -0.484 e. The molecule has 0 bridgehead atoms. The molecule has 1 N–H and O–H groups in total. The Morgan fingerprint density at radius 1 is 1.07 bits per heavy atom. The summed E-state index contributed by atoms with van der Waals surface area (Å²) in [5.41, 5.74) is 4.75. The van der Waals surface area contributed by atoms with E-state index in [4.69, 9.17) is 20.8 Å². The molecule has 4 aromatic rings. The largest absolute Gasteiger partial charge is 0.484 e. The van der Waals surface area contributed by atoms with Crippen LogP contribution >= 0.6 is 11.6 Å². The number of hydrogen-bond donors (Lipinski definition) is 1. The molecule has 29 heavy (non-hydrogen) atoms. The Kier molecular flexibility index (Phi) is 5.23. The van der Waals surface area contributed by atoms with E-state index in [1.54, 1.807) is 6.07 Å². The highest BCUT2D eigenvalue weighted by atomic mass is 35.5. The van der Waals surface area contributed by atoms with Crippen molar-refractivity contribution in [2.45, 2.75) is 13.8 Å². The first-order valence-corrected chi connectivity index (χ1v) is 9.53. The number of aryl methyl sites for hydroxylation is 2. The number of ether oxygens (including phenoxy) is 1. The van der Waals surface area contributed by atoms with Crippen LogP contribution in [0.2, 0.25) is 5.02 Å². The van der Waals surface area contributed by atoms with Crippen molar-refractivity contribution in [2.24, 2.45) is 0 Å². The Morgan fingerprint density at radius 3 is 2.59 bits per heavy atom. The first kappa shape index (κ1) is 19.0. The molecular weight excluding hydrogens is 388 g/mol. The van der Waals surface area contributed by atoms with Crippen LogP contribution in [0.3, 0.4) is 0 Å². The summed E-state index contributed by atoms with van der Waals surface area (Å²) in [5, 5.41) is 3.54. The molecule has 4 rings (SSSR count). The SMILES string of the molecule is Cc1cc(OCC(=O)Nc2cccc(-c3nc4ccccc4o3)c2)cc(C)c1Cl. The topological polar surface area (TPSA) is 64.4 Å². The molecule has 0 aliphatic rings. The molecule has 0 spiro atoms. The fraction of sp³-hybridized carbons (Fsp3) is 0.130. The number of fused-ring (bicyclic) bond motifs is 1. The molecule has 0 radical (unpaired) electrons. The van der Waals surface area contributed by atoms with Gasteiger partial charge in [-0.05, 0) is 67.4 Å². The molecule has 0 saturated carbocycles. The predicted octanol–water partition coefficient (Wildman–Crippen LogP) is 5.78. The lowest BCUT2D eigenvalue weighted by Crippen LogP contribution is -2.20. The Balaban J connectivity index is 1.44. The molecule has 0 aliphatic heterocycles. The average molecular weight is 407 g/mol. The van der Waals surface area contributed by atoms with Gasteiger partial charge in [-0.2, -0.15) is 0 Å². The second-order valence-corrected chi connectivity index (χ2v) is 7.15. The number of rotatable bonds is 5. The number of oxazole rings is 1. The number of amides is 1. The summed E-state index contributed by atoms with van der Waals surface area (Å²) >= 11 is 6.16. The minimum atomic E-state index is -0.259. The number of para-hydroxylation sites is 2. The summed E-state index contributed by atoms with van der Waals surface area (Å²) in [7, 11) is 0. The van der Waals surface area contributed by atoms with E-state index in [0.29, 0.717) is 22.4 Å². The summed E-state index contributed by atoms with van der Waals surface area (Å²) in [4.78, 5) is 16.8. The number of aromatic nitrogens is 1. The Morgan fingerprint density at radius 2 is 1.83 bits per heavy atom. The molecule has 0 unspecified atom stereocenters. The molecule has 0 fully saturated rings. The van der Waals surface area contributed by atoms with E-state index < -0.39 is 0 Å². The molecule has 0 atom stereocenters. The highest BCUT2D eigenvalue weighted by Gasteiger charge is 2.10. The van der Waals surface area contributed by atoms with Gasteiger partial charge in [0.25, 0.3) is 5.91 Å². The van der Waals surface area contributed by atoms with Gasteiger partial charge in [-0.3, -0.25) is 4.79 Å². The number of carbonyl (C=O) groups excluding carboxylic acids is 1. The predicted molar refractivity (Wildman–Crippen MR) is 114 cm³/mol. The van der Waals surface area contributed by atoms with Crippen molar-refractivity contribution in [1.29, 1.82) is 0 Å². The second-order valence-electron chi connectivity index (χ2n) is 6.78. The molecule has 1 heterocycles. The Bertz CT molecular complexity index is 1140. The van der Waals surface area contributed by atoms with Gasteiger partial charge in [0.1, 0.15) is 11.3 Å². The van der Waals surface area contributed by atoms with Crippen LogP contribution in [0.5, 0.6) is 5.75 Å². The Hall–Kier alpha value is -3.31. The maximum atomic E-state index is 12.3. The van der Waals surface area contributed by atoms with Gasteiger partial charge < -0.3 is 14.5 Å². The molecule has 146 valence electrons. The molecule has 1 amide bonds. The van der Waals surface area contributed by atoms with E-state index >= 15 is 0 Å². The zero-order valence-electron chi connectivity index (χ0n) is 16.0. The maximum absolute atomic E-state index is 12.3. The third-order valence-electron chi connectivity index (χ3n) is 4.47. The summed E-state index contributed by atoms with van der Waals surface area (Å²) in [6, 6.07) is 18.6. The zero-order valence-corrected chi connectivity index (χ0v) is 16.8. The summed E-state index contributed by atoms with van der Waals surface area (Å²) in [6.45, 7) is 3.70. The van der Waals surface area contributed by atoms with Crippen molar-refractivity contribution in [3.8, 4) is 17.2 Å². The monoisotopic (exact) mass is 406 g/mol. The number of anilines is 1. The van der Waals surface area contributed by atoms with Crippen LogP contribution in [-0.2, 0) is 4.79 Å². The molecular formula is C23H19ClN2O3. The van der Waals surface area contributed by atoms with Crippen molar-refractivity contribution >= 4 is 34.3 Å². The maximum Gasteiger partial charge on any atom is 0.262 e. The van der Waals surface area contributed by atoms with Gasteiger partial charge >= 0.3 is 0 Å². The van der Waals surface area contributed by atoms with Crippen LogP contribution in [-0.4, -0.2) is 17.5 Å². The van der Waals surface area contributed by atoms with Crippen molar-refractivity contribution in [3.63, 3.8) is 0 Å². The van der Waals surface area contributed by atoms with E-state index in [1.807, 2.05) is 68.4 Å². The van der Waals surface area contributed by atoms with Gasteiger partial charge in [-0.25, -0.2) is 4.98 Å².